The Bertz CT molecular complexity index is 1210. The van der Waals surface area contributed by atoms with Crippen LogP contribution in [0.4, 0.5) is 0 Å². The second-order valence-corrected chi connectivity index (χ2v) is 9.32. The summed E-state index contributed by atoms with van der Waals surface area (Å²) < 4.78 is 18.7. The van der Waals surface area contributed by atoms with Crippen LogP contribution in [0.3, 0.4) is 0 Å². The van der Waals surface area contributed by atoms with Gasteiger partial charge >= 0.3 is 0 Å². The van der Waals surface area contributed by atoms with Crippen LogP contribution in [-0.4, -0.2) is 62.7 Å². The second kappa shape index (κ2) is 8.42. The number of hydrogen-bond donors (Lipinski definition) is 1. The molecule has 0 bridgehead atoms. The number of piperidine rings is 1. The van der Waals surface area contributed by atoms with Gasteiger partial charge in [0.2, 0.25) is 6.79 Å². The van der Waals surface area contributed by atoms with Crippen molar-refractivity contribution >= 4 is 10.9 Å². The minimum Gasteiger partial charge on any atom is -0.454 e. The number of nitrogens with zero attached hydrogens (tertiary/aromatic N) is 5. The van der Waals surface area contributed by atoms with Crippen LogP contribution in [0.2, 0.25) is 0 Å². The zero-order valence-corrected chi connectivity index (χ0v) is 18.7. The predicted molar refractivity (Wildman–Crippen MR) is 119 cm³/mol. The van der Waals surface area contributed by atoms with Gasteiger partial charge in [-0.3, -0.25) is 9.69 Å². The van der Waals surface area contributed by atoms with E-state index in [4.69, 9.17) is 14.2 Å². The van der Waals surface area contributed by atoms with Gasteiger partial charge in [-0.05, 0) is 67.3 Å². The van der Waals surface area contributed by atoms with Crippen molar-refractivity contribution < 1.29 is 14.2 Å². The molecule has 5 heterocycles. The molecular formula is C23H28N6O4. The summed E-state index contributed by atoms with van der Waals surface area (Å²) in [7, 11) is 0. The van der Waals surface area contributed by atoms with E-state index in [0.29, 0.717) is 35.3 Å². The minimum atomic E-state index is -0.340. The molecule has 3 aromatic rings. The molecule has 0 aliphatic carbocycles. The van der Waals surface area contributed by atoms with Crippen molar-refractivity contribution in [3.05, 3.63) is 39.9 Å². The Labute approximate surface area is 190 Å². The smallest absolute Gasteiger partial charge is 0.253 e. The monoisotopic (exact) mass is 452 g/mol. The van der Waals surface area contributed by atoms with Crippen LogP contribution in [0.15, 0.2) is 23.0 Å². The molecule has 174 valence electrons. The molecule has 3 aliphatic heterocycles. The molecule has 1 aromatic carbocycles. The Morgan fingerprint density at radius 1 is 1.15 bits per heavy atom. The summed E-state index contributed by atoms with van der Waals surface area (Å²) >= 11 is 0. The maximum Gasteiger partial charge on any atom is 0.253 e. The number of nitrogens with one attached hydrogen (secondary N) is 1. The van der Waals surface area contributed by atoms with Crippen LogP contribution in [-0.2, 0) is 11.3 Å². The van der Waals surface area contributed by atoms with E-state index in [0.717, 1.165) is 56.3 Å². The Morgan fingerprint density at radius 2 is 1.97 bits per heavy atom. The highest BCUT2D eigenvalue weighted by atomic mass is 16.7. The number of aromatic amines is 1. The van der Waals surface area contributed by atoms with Crippen molar-refractivity contribution in [3.8, 4) is 11.5 Å². The van der Waals surface area contributed by atoms with E-state index in [9.17, 15) is 4.79 Å². The Hall–Kier alpha value is -2.98. The van der Waals surface area contributed by atoms with Crippen LogP contribution >= 0.6 is 0 Å². The standard InChI is InChI=1S/C23H28N6O4/c1-14-4-6-28(7-5-14)21(22-25-26-27-29(22)12-16-3-2-8-31-16)17-9-15-10-19-20(33-13-32-19)11-18(15)24-23(17)30/h9-11,14,16,21H,2-8,12-13H2,1H3,(H,24,30)/t16-,21+/m0/s1. The van der Waals surface area contributed by atoms with Gasteiger partial charge in [-0.25, -0.2) is 4.68 Å². The largest absolute Gasteiger partial charge is 0.454 e. The molecule has 2 fully saturated rings. The number of fused-ring (bicyclic) bond motifs is 2. The van der Waals surface area contributed by atoms with E-state index in [2.05, 4.69) is 32.3 Å². The number of hydrogen-bond acceptors (Lipinski definition) is 8. The molecule has 3 aliphatic rings. The van der Waals surface area contributed by atoms with Gasteiger partial charge in [-0.2, -0.15) is 0 Å². The third kappa shape index (κ3) is 3.87. The number of pyridine rings is 1. The van der Waals surface area contributed by atoms with Gasteiger partial charge in [0.25, 0.3) is 5.56 Å². The molecule has 2 saturated heterocycles. The molecule has 0 spiro atoms. The molecular weight excluding hydrogens is 424 g/mol. The molecule has 1 N–H and O–H groups in total. The van der Waals surface area contributed by atoms with Gasteiger partial charge < -0.3 is 19.2 Å². The van der Waals surface area contributed by atoms with Crippen LogP contribution in [0.25, 0.3) is 10.9 Å². The lowest BCUT2D eigenvalue weighted by molar-refractivity contribution is 0.0894. The number of rotatable bonds is 5. The molecule has 2 aromatic heterocycles. The first-order valence-electron chi connectivity index (χ1n) is 11.7. The number of tetrazole rings is 1. The molecule has 0 radical (unpaired) electrons. The van der Waals surface area contributed by atoms with Gasteiger partial charge in [0, 0.05) is 23.6 Å². The van der Waals surface area contributed by atoms with Gasteiger partial charge in [0.05, 0.1) is 18.2 Å². The molecule has 0 amide bonds. The Balaban J connectivity index is 1.44. The third-order valence-electron chi connectivity index (χ3n) is 7.05. The maximum atomic E-state index is 13.4. The SMILES string of the molecule is CC1CCN([C@H](c2cc3cc4c(cc3[nH]c2=O)OCO4)c2nnnn2C[C@@H]2CCCO2)CC1. The fourth-order valence-electron chi connectivity index (χ4n) is 5.12. The average molecular weight is 453 g/mol. The molecule has 33 heavy (non-hydrogen) atoms. The second-order valence-electron chi connectivity index (χ2n) is 9.32. The molecule has 6 rings (SSSR count). The van der Waals surface area contributed by atoms with Gasteiger partial charge in [-0.1, -0.05) is 6.92 Å². The quantitative estimate of drug-likeness (QED) is 0.628. The lowest BCUT2D eigenvalue weighted by Crippen LogP contribution is -2.40. The summed E-state index contributed by atoms with van der Waals surface area (Å²) in [5, 5.41) is 13.6. The Kier molecular flexibility index (Phi) is 5.26. The van der Waals surface area contributed by atoms with Gasteiger partial charge in [0.15, 0.2) is 17.3 Å². The normalized spacial score (nSPS) is 22.3. The summed E-state index contributed by atoms with van der Waals surface area (Å²) in [6.07, 6.45) is 4.30. The van der Waals surface area contributed by atoms with Crippen molar-refractivity contribution in [1.82, 2.24) is 30.1 Å². The van der Waals surface area contributed by atoms with Crippen molar-refractivity contribution in [2.45, 2.75) is 51.3 Å². The van der Waals surface area contributed by atoms with Crippen molar-refractivity contribution in [3.63, 3.8) is 0 Å². The minimum absolute atomic E-state index is 0.101. The lowest BCUT2D eigenvalue weighted by atomic mass is 9.95. The number of benzene rings is 1. The first-order chi connectivity index (χ1) is 16.2. The van der Waals surface area contributed by atoms with E-state index in [-0.39, 0.29) is 24.5 Å². The highest BCUT2D eigenvalue weighted by Gasteiger charge is 2.33. The Morgan fingerprint density at radius 3 is 2.76 bits per heavy atom. The fraction of sp³-hybridized carbons (Fsp3) is 0.565. The van der Waals surface area contributed by atoms with Crippen LogP contribution in [0.5, 0.6) is 11.5 Å². The molecule has 2 atom stereocenters. The topological polar surface area (TPSA) is 107 Å². The number of ether oxygens (including phenoxy) is 3. The first kappa shape index (κ1) is 20.6. The number of likely N-dealkylation sites (tertiary alicyclic amines) is 1. The average Bonchev–Trinajstić information content (AvgIpc) is 3.57. The van der Waals surface area contributed by atoms with Crippen molar-refractivity contribution in [1.29, 1.82) is 0 Å². The highest BCUT2D eigenvalue weighted by Crippen LogP contribution is 2.37. The van der Waals surface area contributed by atoms with E-state index >= 15 is 0 Å². The summed E-state index contributed by atoms with van der Waals surface area (Å²) in [5.74, 6) is 2.69. The van der Waals surface area contributed by atoms with Gasteiger partial charge in [-0.15, -0.1) is 5.10 Å². The van der Waals surface area contributed by atoms with Crippen LogP contribution in [0, 0.1) is 5.92 Å². The number of H-pyrrole nitrogens is 1. The zero-order valence-electron chi connectivity index (χ0n) is 18.7. The summed E-state index contributed by atoms with van der Waals surface area (Å²) in [6, 6.07) is 5.35. The summed E-state index contributed by atoms with van der Waals surface area (Å²) in [5.41, 5.74) is 1.22. The molecule has 0 saturated carbocycles. The number of aromatic nitrogens is 5. The fourth-order valence-corrected chi connectivity index (χ4v) is 5.12. The van der Waals surface area contributed by atoms with Gasteiger partial charge in [0.1, 0.15) is 6.04 Å². The van der Waals surface area contributed by atoms with E-state index in [1.165, 1.54) is 0 Å². The lowest BCUT2D eigenvalue weighted by Gasteiger charge is -2.36. The zero-order chi connectivity index (χ0) is 22.4. The maximum absolute atomic E-state index is 13.4. The van der Waals surface area contributed by atoms with E-state index in [1.54, 1.807) is 0 Å². The summed E-state index contributed by atoms with van der Waals surface area (Å²) in [6.45, 7) is 5.60. The predicted octanol–water partition coefficient (Wildman–Crippen LogP) is 2.24. The highest BCUT2D eigenvalue weighted by molar-refractivity contribution is 5.83. The van der Waals surface area contributed by atoms with Crippen molar-refractivity contribution in [2.75, 3.05) is 26.5 Å². The van der Waals surface area contributed by atoms with Crippen molar-refractivity contribution in [2.24, 2.45) is 5.92 Å². The third-order valence-corrected chi connectivity index (χ3v) is 7.05. The summed E-state index contributed by atoms with van der Waals surface area (Å²) in [4.78, 5) is 18.8. The van der Waals surface area contributed by atoms with Crippen LogP contribution < -0.4 is 15.0 Å². The van der Waals surface area contributed by atoms with E-state index in [1.807, 2.05) is 22.9 Å². The molecule has 10 heteroatoms. The molecule has 0 unspecified atom stereocenters. The van der Waals surface area contributed by atoms with E-state index < -0.39 is 0 Å². The molecule has 10 nitrogen and oxygen atoms in total. The first-order valence-corrected chi connectivity index (χ1v) is 11.7. The van der Waals surface area contributed by atoms with Crippen LogP contribution in [0.1, 0.15) is 50.0 Å².